The van der Waals surface area contributed by atoms with Crippen LogP contribution in [0.5, 0.6) is 0 Å². The highest BCUT2D eigenvalue weighted by molar-refractivity contribution is 7.99. The Morgan fingerprint density at radius 3 is 3.12 bits per heavy atom. The molecule has 0 saturated carbocycles. The van der Waals surface area contributed by atoms with E-state index < -0.39 is 11.7 Å². The second-order valence-electron chi connectivity index (χ2n) is 5.20. The fourth-order valence-corrected chi connectivity index (χ4v) is 4.10. The number of rotatable bonds is 5. The number of likely N-dealkylation sites (N-methyl/N-ethyl adjacent to an activating group) is 1. The number of nitrogens with one attached hydrogen (secondary N) is 1. The molecule has 0 spiro atoms. The fourth-order valence-electron chi connectivity index (χ4n) is 2.48. The SMILES string of the molecule is CCN1CCc2nc(NC(=O)c3cccnc3SC(F)F)sc2C1. The van der Waals surface area contributed by atoms with Gasteiger partial charge in [0.2, 0.25) is 0 Å². The lowest BCUT2D eigenvalue weighted by atomic mass is 10.2. The van der Waals surface area contributed by atoms with Crippen molar-refractivity contribution in [2.24, 2.45) is 0 Å². The first-order valence-corrected chi connectivity index (χ1v) is 9.18. The molecule has 0 aromatic carbocycles. The van der Waals surface area contributed by atoms with Gasteiger partial charge in [-0.25, -0.2) is 9.97 Å². The Kier molecular flexibility index (Phi) is 5.42. The lowest BCUT2D eigenvalue weighted by molar-refractivity contribution is 0.102. The summed E-state index contributed by atoms with van der Waals surface area (Å²) in [6.45, 7) is 4.87. The Labute approximate surface area is 146 Å². The number of fused-ring (bicyclic) bond motifs is 1. The van der Waals surface area contributed by atoms with Gasteiger partial charge in [-0.05, 0) is 30.4 Å². The first kappa shape index (κ1) is 17.2. The molecule has 0 aliphatic carbocycles. The van der Waals surface area contributed by atoms with Crippen LogP contribution in [0.3, 0.4) is 0 Å². The Hall–Kier alpha value is -1.58. The summed E-state index contributed by atoms with van der Waals surface area (Å²) in [5.74, 6) is -3.09. The second kappa shape index (κ2) is 7.54. The Morgan fingerprint density at radius 2 is 2.38 bits per heavy atom. The average molecular weight is 370 g/mol. The van der Waals surface area contributed by atoms with Crippen LogP contribution in [0.1, 0.15) is 27.9 Å². The Morgan fingerprint density at radius 1 is 1.54 bits per heavy atom. The van der Waals surface area contributed by atoms with Gasteiger partial charge in [-0.2, -0.15) is 8.78 Å². The molecular weight excluding hydrogens is 354 g/mol. The summed E-state index contributed by atoms with van der Waals surface area (Å²) in [5, 5.41) is 3.23. The van der Waals surface area contributed by atoms with Gasteiger partial charge in [0.1, 0.15) is 5.03 Å². The number of hydrogen-bond donors (Lipinski definition) is 1. The predicted molar refractivity (Wildman–Crippen MR) is 90.8 cm³/mol. The zero-order valence-electron chi connectivity index (χ0n) is 13.0. The summed E-state index contributed by atoms with van der Waals surface area (Å²) in [6, 6.07) is 3.04. The number of hydrogen-bond acceptors (Lipinski definition) is 6. The van der Waals surface area contributed by atoms with Crippen LogP contribution in [0.2, 0.25) is 0 Å². The normalized spacial score (nSPS) is 14.7. The van der Waals surface area contributed by atoms with Crippen LogP contribution < -0.4 is 5.32 Å². The molecule has 2 aromatic rings. The maximum atomic E-state index is 12.6. The van der Waals surface area contributed by atoms with E-state index in [1.165, 1.54) is 23.6 Å². The third-order valence-electron chi connectivity index (χ3n) is 3.69. The third kappa shape index (κ3) is 3.90. The summed E-state index contributed by atoms with van der Waals surface area (Å²) in [5.41, 5.74) is 1.14. The van der Waals surface area contributed by atoms with Gasteiger partial charge in [0.05, 0.1) is 11.3 Å². The van der Waals surface area contributed by atoms with Crippen molar-refractivity contribution in [3.05, 3.63) is 34.5 Å². The molecule has 0 radical (unpaired) electrons. The van der Waals surface area contributed by atoms with Gasteiger partial charge in [0.25, 0.3) is 11.7 Å². The molecule has 0 fully saturated rings. The molecule has 0 unspecified atom stereocenters. The van der Waals surface area contributed by atoms with Crippen LogP contribution in [0.25, 0.3) is 0 Å². The van der Waals surface area contributed by atoms with Crippen molar-refractivity contribution in [3.63, 3.8) is 0 Å². The van der Waals surface area contributed by atoms with Gasteiger partial charge in [0, 0.05) is 30.6 Å². The molecule has 0 bridgehead atoms. The lowest BCUT2D eigenvalue weighted by Crippen LogP contribution is -2.29. The molecule has 0 atom stereocenters. The van der Waals surface area contributed by atoms with E-state index in [0.717, 1.165) is 36.6 Å². The van der Waals surface area contributed by atoms with Crippen molar-refractivity contribution in [3.8, 4) is 0 Å². The fraction of sp³-hybridized carbons (Fsp3) is 0.400. The molecule has 3 rings (SSSR count). The highest BCUT2D eigenvalue weighted by Crippen LogP contribution is 2.30. The number of thiazole rings is 1. The highest BCUT2D eigenvalue weighted by Gasteiger charge is 2.22. The minimum absolute atomic E-state index is 0.0171. The summed E-state index contributed by atoms with van der Waals surface area (Å²) < 4.78 is 25.2. The van der Waals surface area contributed by atoms with E-state index in [-0.39, 0.29) is 22.4 Å². The molecule has 3 heterocycles. The van der Waals surface area contributed by atoms with Crippen molar-refractivity contribution in [1.82, 2.24) is 14.9 Å². The smallest absolute Gasteiger partial charge is 0.290 e. The predicted octanol–water partition coefficient (Wildman–Crippen LogP) is 3.48. The maximum Gasteiger partial charge on any atom is 0.290 e. The number of alkyl halides is 2. The molecule has 1 N–H and O–H groups in total. The van der Waals surface area contributed by atoms with Crippen LogP contribution in [0, 0.1) is 0 Å². The number of anilines is 1. The van der Waals surface area contributed by atoms with Crippen molar-refractivity contribution in [2.45, 2.75) is 30.7 Å². The zero-order chi connectivity index (χ0) is 17.1. The zero-order valence-corrected chi connectivity index (χ0v) is 14.6. The molecule has 0 saturated heterocycles. The largest absolute Gasteiger partial charge is 0.298 e. The number of thioether (sulfide) groups is 1. The van der Waals surface area contributed by atoms with Gasteiger partial charge < -0.3 is 0 Å². The molecule has 128 valence electrons. The topological polar surface area (TPSA) is 58.1 Å². The van der Waals surface area contributed by atoms with Crippen molar-refractivity contribution in [1.29, 1.82) is 0 Å². The van der Waals surface area contributed by atoms with Crippen LogP contribution in [0.15, 0.2) is 23.4 Å². The summed E-state index contributed by atoms with van der Waals surface area (Å²) in [7, 11) is 0. The van der Waals surface area contributed by atoms with Crippen LogP contribution in [-0.4, -0.2) is 39.6 Å². The molecular formula is C15H16F2N4OS2. The van der Waals surface area contributed by atoms with E-state index in [0.29, 0.717) is 5.13 Å². The van der Waals surface area contributed by atoms with Gasteiger partial charge in [-0.3, -0.25) is 15.0 Å². The Balaban J connectivity index is 1.75. The number of aromatic nitrogens is 2. The van der Waals surface area contributed by atoms with Gasteiger partial charge >= 0.3 is 0 Å². The standard InChI is InChI=1S/C15H16F2N4OS2/c1-2-21-7-5-10-11(8-21)23-15(19-10)20-12(22)9-4-3-6-18-13(9)24-14(16)17/h3-4,6,14H,2,5,7-8H2,1H3,(H,19,20,22). The van der Waals surface area contributed by atoms with Crippen molar-refractivity contribution in [2.75, 3.05) is 18.4 Å². The summed E-state index contributed by atoms with van der Waals surface area (Å²) in [6.07, 6.45) is 2.25. The minimum Gasteiger partial charge on any atom is -0.298 e. The number of pyridine rings is 1. The van der Waals surface area contributed by atoms with Crippen LogP contribution in [0.4, 0.5) is 13.9 Å². The van der Waals surface area contributed by atoms with E-state index in [4.69, 9.17) is 0 Å². The maximum absolute atomic E-state index is 12.6. The summed E-state index contributed by atoms with van der Waals surface area (Å²) in [4.78, 5) is 24.2. The number of amides is 1. The van der Waals surface area contributed by atoms with Gasteiger partial charge in [-0.15, -0.1) is 11.3 Å². The molecule has 2 aromatic heterocycles. The first-order chi connectivity index (χ1) is 11.6. The van der Waals surface area contributed by atoms with Crippen molar-refractivity contribution >= 4 is 34.1 Å². The first-order valence-electron chi connectivity index (χ1n) is 7.49. The molecule has 1 aliphatic rings. The highest BCUT2D eigenvalue weighted by atomic mass is 32.2. The number of nitrogens with zero attached hydrogens (tertiary/aromatic N) is 3. The number of carbonyl (C=O) groups is 1. The quantitative estimate of drug-likeness (QED) is 0.817. The monoisotopic (exact) mass is 370 g/mol. The lowest BCUT2D eigenvalue weighted by Gasteiger charge is -2.23. The Bertz CT molecular complexity index is 738. The van der Waals surface area contributed by atoms with Gasteiger partial charge in [0.15, 0.2) is 5.13 Å². The third-order valence-corrected chi connectivity index (χ3v) is 5.42. The summed E-state index contributed by atoms with van der Waals surface area (Å²) >= 11 is 1.70. The molecule has 1 aliphatic heterocycles. The minimum atomic E-state index is -2.63. The number of halogens is 2. The van der Waals surface area contributed by atoms with Gasteiger partial charge in [-0.1, -0.05) is 6.92 Å². The second-order valence-corrected chi connectivity index (χ2v) is 7.26. The molecule has 9 heteroatoms. The van der Waals surface area contributed by atoms with Crippen molar-refractivity contribution < 1.29 is 13.6 Å². The van der Waals surface area contributed by atoms with E-state index in [2.05, 4.69) is 27.1 Å². The van der Waals surface area contributed by atoms with E-state index in [1.807, 2.05) is 0 Å². The van der Waals surface area contributed by atoms with E-state index >= 15 is 0 Å². The molecule has 24 heavy (non-hydrogen) atoms. The number of carbonyl (C=O) groups excluding carboxylic acids is 1. The van der Waals surface area contributed by atoms with Crippen LogP contribution >= 0.6 is 23.1 Å². The molecule has 5 nitrogen and oxygen atoms in total. The molecule has 1 amide bonds. The van der Waals surface area contributed by atoms with E-state index in [9.17, 15) is 13.6 Å². The van der Waals surface area contributed by atoms with E-state index in [1.54, 1.807) is 6.07 Å². The van der Waals surface area contributed by atoms with Crippen LogP contribution in [-0.2, 0) is 13.0 Å². The average Bonchev–Trinajstić information content (AvgIpc) is 2.95.